The summed E-state index contributed by atoms with van der Waals surface area (Å²) in [7, 11) is 0. The number of alkyl carbamates (subject to hydrolysis) is 1. The number of aromatic amines is 1. The molecule has 0 bridgehead atoms. The lowest BCUT2D eigenvalue weighted by atomic mass is 10.1. The largest absolute Gasteiger partial charge is 0.450 e. The van der Waals surface area contributed by atoms with Crippen LogP contribution in [0.15, 0.2) is 29.1 Å². The highest BCUT2D eigenvalue weighted by molar-refractivity contribution is 5.81. The van der Waals surface area contributed by atoms with Gasteiger partial charge in [-0.05, 0) is 37.3 Å². The van der Waals surface area contributed by atoms with Crippen molar-refractivity contribution in [1.82, 2.24) is 10.3 Å². The van der Waals surface area contributed by atoms with Crippen molar-refractivity contribution in [2.75, 3.05) is 13.2 Å². The maximum absolute atomic E-state index is 12.0. The van der Waals surface area contributed by atoms with Crippen molar-refractivity contribution in [3.8, 4) is 0 Å². The first kappa shape index (κ1) is 14.1. The molecular weight excluding hydrogens is 256 g/mol. The molecule has 0 radical (unpaired) electrons. The van der Waals surface area contributed by atoms with Gasteiger partial charge in [-0.15, -0.1) is 0 Å². The van der Waals surface area contributed by atoms with Crippen LogP contribution < -0.4 is 10.9 Å². The highest BCUT2D eigenvalue weighted by Crippen LogP contribution is 2.14. The van der Waals surface area contributed by atoms with Gasteiger partial charge in [0.25, 0.3) is 5.56 Å². The van der Waals surface area contributed by atoms with Gasteiger partial charge >= 0.3 is 6.09 Å². The summed E-state index contributed by atoms with van der Waals surface area (Å²) in [4.78, 5) is 26.0. The van der Waals surface area contributed by atoms with Crippen molar-refractivity contribution in [3.63, 3.8) is 0 Å². The number of ether oxygens (including phenoxy) is 1. The fourth-order valence-electron chi connectivity index (χ4n) is 2.10. The summed E-state index contributed by atoms with van der Waals surface area (Å²) >= 11 is 0. The molecule has 0 spiro atoms. The first-order valence-electron chi connectivity index (χ1n) is 6.64. The van der Waals surface area contributed by atoms with Gasteiger partial charge in [-0.1, -0.05) is 18.2 Å². The lowest BCUT2D eigenvalue weighted by molar-refractivity contribution is 0.152. The molecule has 0 saturated heterocycles. The minimum absolute atomic E-state index is 0.113. The van der Waals surface area contributed by atoms with Crippen LogP contribution in [0.5, 0.6) is 0 Å². The maximum atomic E-state index is 12.0. The number of aromatic nitrogens is 1. The molecule has 1 amide bonds. The molecule has 0 unspecified atom stereocenters. The standard InChI is InChI=1S/C15H18N2O3/c1-3-20-15(19)16-8-7-12-9-11-6-4-5-10(2)13(11)17-14(12)18/h4-6,9H,3,7-8H2,1-2H3,(H,16,19)(H,17,18). The molecule has 1 heterocycles. The number of H-pyrrole nitrogens is 1. The number of benzene rings is 1. The molecule has 0 aliphatic heterocycles. The molecule has 106 valence electrons. The number of fused-ring (bicyclic) bond motifs is 1. The van der Waals surface area contributed by atoms with Crippen LogP contribution >= 0.6 is 0 Å². The molecule has 2 aromatic rings. The molecule has 5 nitrogen and oxygen atoms in total. The van der Waals surface area contributed by atoms with Gasteiger partial charge in [-0.2, -0.15) is 0 Å². The van der Waals surface area contributed by atoms with Gasteiger partial charge in [0.2, 0.25) is 0 Å². The lowest BCUT2D eigenvalue weighted by Gasteiger charge is -2.07. The molecule has 5 heteroatoms. The van der Waals surface area contributed by atoms with Crippen molar-refractivity contribution in [1.29, 1.82) is 0 Å². The molecular formula is C15H18N2O3. The third-order valence-corrected chi connectivity index (χ3v) is 3.10. The van der Waals surface area contributed by atoms with Crippen LogP contribution in [0.1, 0.15) is 18.1 Å². The first-order chi connectivity index (χ1) is 9.61. The highest BCUT2D eigenvalue weighted by atomic mass is 16.5. The number of hydrogen-bond acceptors (Lipinski definition) is 3. The van der Waals surface area contributed by atoms with E-state index in [0.717, 1.165) is 16.5 Å². The molecule has 1 aromatic heterocycles. The van der Waals surface area contributed by atoms with Gasteiger partial charge in [0, 0.05) is 12.1 Å². The third kappa shape index (κ3) is 3.17. The van der Waals surface area contributed by atoms with E-state index in [1.807, 2.05) is 31.2 Å². The van der Waals surface area contributed by atoms with Crippen molar-refractivity contribution in [3.05, 3.63) is 45.7 Å². The van der Waals surface area contributed by atoms with Crippen molar-refractivity contribution >= 4 is 17.0 Å². The first-order valence-corrected chi connectivity index (χ1v) is 6.64. The van der Waals surface area contributed by atoms with E-state index in [2.05, 4.69) is 10.3 Å². The zero-order chi connectivity index (χ0) is 14.5. The van der Waals surface area contributed by atoms with Crippen molar-refractivity contribution < 1.29 is 9.53 Å². The van der Waals surface area contributed by atoms with E-state index in [0.29, 0.717) is 25.1 Å². The average Bonchev–Trinajstić information content (AvgIpc) is 2.41. The predicted octanol–water partition coefficient (Wildman–Crippen LogP) is 2.13. The number of rotatable bonds is 4. The molecule has 0 saturated carbocycles. The summed E-state index contributed by atoms with van der Waals surface area (Å²) in [6.07, 6.45) is 0.0125. The van der Waals surface area contributed by atoms with Crippen molar-refractivity contribution in [2.45, 2.75) is 20.3 Å². The summed E-state index contributed by atoms with van der Waals surface area (Å²) in [5.41, 5.74) is 2.44. The molecule has 1 aromatic carbocycles. The monoisotopic (exact) mass is 274 g/mol. The number of nitrogens with one attached hydrogen (secondary N) is 2. The Morgan fingerprint density at radius 2 is 2.20 bits per heavy atom. The normalized spacial score (nSPS) is 10.5. The highest BCUT2D eigenvalue weighted by Gasteiger charge is 2.05. The smallest absolute Gasteiger partial charge is 0.407 e. The van der Waals surface area contributed by atoms with E-state index in [9.17, 15) is 9.59 Å². The van der Waals surface area contributed by atoms with Crippen LogP contribution in [0.4, 0.5) is 4.79 Å². The van der Waals surface area contributed by atoms with E-state index in [4.69, 9.17) is 4.74 Å². The number of para-hydroxylation sites is 1. The zero-order valence-electron chi connectivity index (χ0n) is 11.7. The van der Waals surface area contributed by atoms with Gasteiger partial charge in [-0.25, -0.2) is 4.79 Å². The number of aryl methyl sites for hydroxylation is 1. The maximum Gasteiger partial charge on any atom is 0.407 e. The Morgan fingerprint density at radius 3 is 2.95 bits per heavy atom. The number of carbonyl (C=O) groups excluding carboxylic acids is 1. The van der Waals surface area contributed by atoms with Gasteiger partial charge in [0.15, 0.2) is 0 Å². The Hall–Kier alpha value is -2.30. The van der Waals surface area contributed by atoms with Crippen LogP contribution in [0.25, 0.3) is 10.9 Å². The number of amides is 1. The fourth-order valence-corrected chi connectivity index (χ4v) is 2.10. The van der Waals surface area contributed by atoms with E-state index in [-0.39, 0.29) is 5.56 Å². The Balaban J connectivity index is 2.13. The molecule has 2 rings (SSSR count). The lowest BCUT2D eigenvalue weighted by Crippen LogP contribution is -2.28. The topological polar surface area (TPSA) is 71.2 Å². The molecule has 0 fully saturated rings. The van der Waals surface area contributed by atoms with E-state index >= 15 is 0 Å². The Bertz CT molecular complexity index is 676. The molecule has 0 aliphatic carbocycles. The Labute approximate surface area is 117 Å². The van der Waals surface area contributed by atoms with Crippen LogP contribution in [-0.2, 0) is 11.2 Å². The second-order valence-corrected chi connectivity index (χ2v) is 4.56. The Kier molecular flexibility index (Phi) is 4.40. The van der Waals surface area contributed by atoms with Gasteiger partial charge in [0.1, 0.15) is 0 Å². The quantitative estimate of drug-likeness (QED) is 0.897. The third-order valence-electron chi connectivity index (χ3n) is 3.10. The molecule has 0 aliphatic rings. The van der Waals surface area contributed by atoms with Gasteiger partial charge in [-0.3, -0.25) is 4.79 Å². The van der Waals surface area contributed by atoms with Crippen molar-refractivity contribution in [2.24, 2.45) is 0 Å². The second kappa shape index (κ2) is 6.23. The summed E-state index contributed by atoms with van der Waals surface area (Å²) in [5, 5.41) is 3.60. The average molecular weight is 274 g/mol. The van der Waals surface area contributed by atoms with Crippen LogP contribution in [0, 0.1) is 6.92 Å². The second-order valence-electron chi connectivity index (χ2n) is 4.56. The molecule has 2 N–H and O–H groups in total. The SMILES string of the molecule is CCOC(=O)NCCc1cc2cccc(C)c2[nH]c1=O. The van der Waals surface area contributed by atoms with Crippen LogP contribution in [-0.4, -0.2) is 24.2 Å². The minimum atomic E-state index is -0.458. The van der Waals surface area contributed by atoms with Crippen LogP contribution in [0.2, 0.25) is 0 Å². The zero-order valence-corrected chi connectivity index (χ0v) is 11.7. The Morgan fingerprint density at radius 1 is 1.40 bits per heavy atom. The summed E-state index contributed by atoms with van der Waals surface area (Å²) in [5.74, 6) is 0. The van der Waals surface area contributed by atoms with E-state index in [1.165, 1.54) is 0 Å². The summed E-state index contributed by atoms with van der Waals surface area (Å²) < 4.78 is 4.76. The predicted molar refractivity (Wildman–Crippen MR) is 78.0 cm³/mol. The number of hydrogen-bond donors (Lipinski definition) is 2. The van der Waals surface area contributed by atoms with Gasteiger partial charge in [0.05, 0.1) is 12.1 Å². The summed E-state index contributed by atoms with van der Waals surface area (Å²) in [6, 6.07) is 7.74. The summed E-state index contributed by atoms with van der Waals surface area (Å²) in [6.45, 7) is 4.41. The minimum Gasteiger partial charge on any atom is -0.450 e. The molecule has 0 atom stereocenters. The number of pyridine rings is 1. The fraction of sp³-hybridized carbons (Fsp3) is 0.333. The molecule has 20 heavy (non-hydrogen) atoms. The number of carbonyl (C=O) groups is 1. The van der Waals surface area contributed by atoms with E-state index < -0.39 is 6.09 Å². The van der Waals surface area contributed by atoms with Crippen LogP contribution in [0.3, 0.4) is 0 Å². The van der Waals surface area contributed by atoms with Gasteiger partial charge < -0.3 is 15.0 Å². The van der Waals surface area contributed by atoms with E-state index in [1.54, 1.807) is 6.92 Å².